The number of hydrogen-bond acceptors (Lipinski definition) is 4. The summed E-state index contributed by atoms with van der Waals surface area (Å²) in [7, 11) is -0.432. The van der Waals surface area contributed by atoms with Crippen molar-refractivity contribution in [3.63, 3.8) is 0 Å². The van der Waals surface area contributed by atoms with Gasteiger partial charge in [0.25, 0.3) is 0 Å². The fourth-order valence-electron chi connectivity index (χ4n) is 2.23. The summed E-state index contributed by atoms with van der Waals surface area (Å²) >= 11 is 0. The van der Waals surface area contributed by atoms with Crippen LogP contribution >= 0.6 is 0 Å². The molecule has 0 aliphatic carbocycles. The van der Waals surface area contributed by atoms with Gasteiger partial charge in [-0.1, -0.05) is 19.9 Å². The van der Waals surface area contributed by atoms with Gasteiger partial charge in [0.1, 0.15) is 5.82 Å². The molecule has 5 nitrogen and oxygen atoms in total. The van der Waals surface area contributed by atoms with Crippen LogP contribution in [-0.2, 0) is 20.5 Å². The summed E-state index contributed by atoms with van der Waals surface area (Å²) in [5.74, 6) is 0.624. The molecule has 0 bridgehead atoms. The third-order valence-corrected chi connectivity index (χ3v) is 4.12. The highest BCUT2D eigenvalue weighted by molar-refractivity contribution is 6.62. The molecule has 1 fully saturated rings. The maximum Gasteiger partial charge on any atom is 0.496 e. The highest BCUT2D eigenvalue weighted by atomic mass is 16.7. The van der Waals surface area contributed by atoms with Crippen LogP contribution in [-0.4, -0.2) is 29.2 Å². The van der Waals surface area contributed by atoms with Crippen LogP contribution in [0.1, 0.15) is 47.1 Å². The highest BCUT2D eigenvalue weighted by Gasteiger charge is 2.52. The first-order valence-electron chi connectivity index (χ1n) is 7.43. The lowest BCUT2D eigenvalue weighted by molar-refractivity contribution is -0.115. The molecular weight excluding hydrogens is 267 g/mol. The van der Waals surface area contributed by atoms with E-state index in [1.54, 1.807) is 6.20 Å². The molecule has 6 heteroatoms. The van der Waals surface area contributed by atoms with Crippen LogP contribution in [0.15, 0.2) is 12.3 Å². The Morgan fingerprint density at radius 2 is 1.76 bits per heavy atom. The molecule has 114 valence electrons. The van der Waals surface area contributed by atoms with E-state index < -0.39 is 7.12 Å². The lowest BCUT2D eigenvalue weighted by Crippen LogP contribution is -2.41. The largest absolute Gasteiger partial charge is 0.496 e. The van der Waals surface area contributed by atoms with Crippen LogP contribution in [0.4, 0.5) is 5.82 Å². The fourth-order valence-corrected chi connectivity index (χ4v) is 2.23. The summed E-state index contributed by atoms with van der Waals surface area (Å²) in [6, 6.07) is 1.93. The molecule has 0 radical (unpaired) electrons. The third kappa shape index (κ3) is 2.83. The van der Waals surface area contributed by atoms with E-state index >= 15 is 0 Å². The topological polar surface area (TPSA) is 60.5 Å². The predicted octanol–water partition coefficient (Wildman–Crippen LogP) is 1.90. The molecule has 0 unspecified atom stereocenters. The maximum atomic E-state index is 11.3. The molecule has 2 aliphatic heterocycles. The number of hydrogen-bond donors (Lipinski definition) is 1. The van der Waals surface area contributed by atoms with Crippen LogP contribution in [0.5, 0.6) is 0 Å². The molecule has 0 saturated carbocycles. The normalized spacial score (nSPS) is 21.4. The Labute approximate surface area is 126 Å². The summed E-state index contributed by atoms with van der Waals surface area (Å²) in [6.07, 6.45) is 2.07. The van der Waals surface area contributed by atoms with E-state index in [4.69, 9.17) is 9.31 Å². The number of rotatable bonds is 1. The molecule has 21 heavy (non-hydrogen) atoms. The minimum atomic E-state index is -0.432. The Balaban J connectivity index is 0.000000774. The summed E-state index contributed by atoms with van der Waals surface area (Å²) < 4.78 is 11.9. The first kappa shape index (κ1) is 16.0. The Kier molecular flexibility index (Phi) is 4.13. The third-order valence-electron chi connectivity index (χ3n) is 4.12. The second-order valence-electron chi connectivity index (χ2n) is 6.09. The summed E-state index contributed by atoms with van der Waals surface area (Å²) in [6.45, 7) is 12.1. The summed E-state index contributed by atoms with van der Waals surface area (Å²) in [5.41, 5.74) is 1.02. The average molecular weight is 290 g/mol. The van der Waals surface area contributed by atoms with E-state index in [-0.39, 0.29) is 17.1 Å². The Morgan fingerprint density at radius 3 is 2.33 bits per heavy atom. The maximum absolute atomic E-state index is 11.3. The number of amides is 1. The number of fused-ring (bicyclic) bond motifs is 1. The number of aromatic nitrogens is 1. The second-order valence-corrected chi connectivity index (χ2v) is 6.09. The van der Waals surface area contributed by atoms with Crippen molar-refractivity contribution in [1.29, 1.82) is 0 Å². The number of anilines is 1. The van der Waals surface area contributed by atoms with E-state index in [0.29, 0.717) is 12.2 Å². The van der Waals surface area contributed by atoms with Crippen molar-refractivity contribution in [2.75, 3.05) is 5.32 Å². The van der Waals surface area contributed by atoms with Crippen LogP contribution in [0.3, 0.4) is 0 Å². The van der Waals surface area contributed by atoms with E-state index in [9.17, 15) is 4.79 Å². The van der Waals surface area contributed by atoms with Gasteiger partial charge in [-0.3, -0.25) is 4.79 Å². The van der Waals surface area contributed by atoms with E-state index in [0.717, 1.165) is 11.0 Å². The van der Waals surface area contributed by atoms with Gasteiger partial charge in [0.2, 0.25) is 5.91 Å². The Morgan fingerprint density at radius 1 is 1.19 bits per heavy atom. The lowest BCUT2D eigenvalue weighted by Gasteiger charge is -2.32. The smallest absolute Gasteiger partial charge is 0.399 e. The lowest BCUT2D eigenvalue weighted by atomic mass is 9.79. The zero-order chi connectivity index (χ0) is 15.8. The number of nitrogens with one attached hydrogen (secondary N) is 1. The van der Waals surface area contributed by atoms with Crippen LogP contribution in [0.25, 0.3) is 0 Å². The highest BCUT2D eigenvalue weighted by Crippen LogP contribution is 2.36. The molecule has 1 aromatic rings. The number of pyridine rings is 1. The summed E-state index contributed by atoms with van der Waals surface area (Å²) in [5, 5.41) is 2.72. The van der Waals surface area contributed by atoms with E-state index in [1.165, 1.54) is 0 Å². The molecule has 0 atom stereocenters. The molecule has 0 spiro atoms. The Bertz CT molecular complexity index is 542. The van der Waals surface area contributed by atoms with Gasteiger partial charge in [0.05, 0.1) is 17.6 Å². The standard InChI is InChI=1S/C13H17BN2O3.C2H6/c1-12(2)13(3,4)19-14(18-12)9-5-8-6-10(17)16-11(8)15-7-9;1-2/h5,7H,6H2,1-4H3,(H,15,16,17);1-2H3. The molecule has 3 heterocycles. The van der Waals surface area contributed by atoms with Crippen molar-refractivity contribution in [2.45, 2.75) is 59.2 Å². The van der Waals surface area contributed by atoms with Crippen LogP contribution < -0.4 is 10.8 Å². The predicted molar refractivity (Wildman–Crippen MR) is 83.6 cm³/mol. The van der Waals surface area contributed by atoms with Crippen LogP contribution in [0, 0.1) is 0 Å². The van der Waals surface area contributed by atoms with Crippen molar-refractivity contribution in [3.05, 3.63) is 17.8 Å². The molecule has 1 N–H and O–H groups in total. The molecule has 1 aromatic heterocycles. The first-order chi connectivity index (χ1) is 9.78. The zero-order valence-electron chi connectivity index (χ0n) is 13.6. The molecule has 3 rings (SSSR count). The number of carbonyl (C=O) groups excluding carboxylic acids is 1. The zero-order valence-corrected chi connectivity index (χ0v) is 13.6. The quantitative estimate of drug-likeness (QED) is 0.802. The van der Waals surface area contributed by atoms with Gasteiger partial charge in [-0.05, 0) is 27.7 Å². The van der Waals surface area contributed by atoms with Crippen molar-refractivity contribution < 1.29 is 14.1 Å². The Hall–Kier alpha value is -1.40. The average Bonchev–Trinajstić information content (AvgIpc) is 2.87. The molecule has 1 saturated heterocycles. The van der Waals surface area contributed by atoms with Crippen molar-refractivity contribution >= 4 is 24.3 Å². The van der Waals surface area contributed by atoms with Gasteiger partial charge in [0, 0.05) is 17.2 Å². The minimum absolute atomic E-state index is 0.0198. The van der Waals surface area contributed by atoms with Gasteiger partial charge in [-0.2, -0.15) is 0 Å². The van der Waals surface area contributed by atoms with Gasteiger partial charge in [-0.25, -0.2) is 4.98 Å². The number of carbonyl (C=O) groups is 1. The minimum Gasteiger partial charge on any atom is -0.399 e. The molecule has 0 aromatic carbocycles. The van der Waals surface area contributed by atoms with Gasteiger partial charge >= 0.3 is 7.12 Å². The second kappa shape index (κ2) is 5.42. The first-order valence-corrected chi connectivity index (χ1v) is 7.43. The molecule has 2 aliphatic rings. The van der Waals surface area contributed by atoms with Gasteiger partial charge in [-0.15, -0.1) is 0 Å². The van der Waals surface area contributed by atoms with Gasteiger partial charge < -0.3 is 14.6 Å². The van der Waals surface area contributed by atoms with Crippen molar-refractivity contribution in [1.82, 2.24) is 4.98 Å². The van der Waals surface area contributed by atoms with Gasteiger partial charge in [0.15, 0.2) is 0 Å². The van der Waals surface area contributed by atoms with Crippen LogP contribution in [0.2, 0.25) is 0 Å². The SMILES string of the molecule is CC.CC1(C)OB(c2cnc3c(c2)CC(=O)N3)OC1(C)C. The number of nitrogens with zero attached hydrogens (tertiary/aromatic N) is 1. The molecular formula is C15H23BN2O3. The summed E-state index contributed by atoms with van der Waals surface area (Å²) in [4.78, 5) is 15.6. The van der Waals surface area contributed by atoms with Crippen molar-refractivity contribution in [3.8, 4) is 0 Å². The fraction of sp³-hybridized carbons (Fsp3) is 0.600. The molecule has 1 amide bonds. The van der Waals surface area contributed by atoms with Crippen molar-refractivity contribution in [2.24, 2.45) is 0 Å². The monoisotopic (exact) mass is 290 g/mol. The van der Waals surface area contributed by atoms with E-state index in [1.807, 2.05) is 47.6 Å². The van der Waals surface area contributed by atoms with E-state index in [2.05, 4.69) is 10.3 Å².